The van der Waals surface area contributed by atoms with Gasteiger partial charge in [-0.2, -0.15) is 0 Å². The van der Waals surface area contributed by atoms with Crippen LogP contribution in [0.2, 0.25) is 0 Å². The molecule has 0 aliphatic carbocycles. The number of aryl methyl sites for hydroxylation is 1. The van der Waals surface area contributed by atoms with Gasteiger partial charge in [0, 0.05) is 25.7 Å². The number of rotatable bonds is 3. The van der Waals surface area contributed by atoms with Crippen LogP contribution in [0.1, 0.15) is 36.4 Å². The molecule has 3 unspecified atom stereocenters. The van der Waals surface area contributed by atoms with Crippen molar-refractivity contribution in [3.8, 4) is 5.75 Å². The lowest BCUT2D eigenvalue weighted by atomic mass is 9.79. The molecular formula is C17H25NO3. The van der Waals surface area contributed by atoms with E-state index in [0.29, 0.717) is 5.92 Å². The zero-order valence-corrected chi connectivity index (χ0v) is 12.9. The Kier molecular flexibility index (Phi) is 4.20. The summed E-state index contributed by atoms with van der Waals surface area (Å²) in [6.45, 7) is 4.38. The minimum atomic E-state index is -0.0813. The lowest BCUT2D eigenvalue weighted by Crippen LogP contribution is -2.43. The molecule has 4 nitrogen and oxygen atoms in total. The third kappa shape index (κ3) is 2.93. The van der Waals surface area contributed by atoms with Crippen molar-refractivity contribution in [2.45, 2.75) is 37.8 Å². The first-order valence-electron chi connectivity index (χ1n) is 7.75. The van der Waals surface area contributed by atoms with Crippen LogP contribution in [0.5, 0.6) is 5.75 Å². The average molecular weight is 291 g/mol. The van der Waals surface area contributed by atoms with Crippen LogP contribution in [0.15, 0.2) is 18.2 Å². The van der Waals surface area contributed by atoms with Gasteiger partial charge in [0.25, 0.3) is 0 Å². The molecule has 0 amide bonds. The second-order valence-electron chi connectivity index (χ2n) is 6.34. The third-order valence-corrected chi connectivity index (χ3v) is 4.91. The minimum Gasteiger partial charge on any atom is -0.496 e. The second-order valence-corrected chi connectivity index (χ2v) is 6.34. The highest BCUT2D eigenvalue weighted by Crippen LogP contribution is 2.40. The zero-order chi connectivity index (χ0) is 14.9. The van der Waals surface area contributed by atoms with Crippen LogP contribution < -0.4 is 10.5 Å². The first-order valence-corrected chi connectivity index (χ1v) is 7.75. The maximum Gasteiger partial charge on any atom is 0.121 e. The van der Waals surface area contributed by atoms with E-state index in [1.165, 1.54) is 5.56 Å². The fourth-order valence-corrected chi connectivity index (χ4v) is 3.62. The van der Waals surface area contributed by atoms with Gasteiger partial charge in [0.15, 0.2) is 0 Å². The number of hydrogen-bond donors (Lipinski definition) is 1. The van der Waals surface area contributed by atoms with Crippen LogP contribution in [-0.4, -0.2) is 32.5 Å². The van der Waals surface area contributed by atoms with E-state index in [1.54, 1.807) is 7.11 Å². The molecule has 21 heavy (non-hydrogen) atoms. The zero-order valence-electron chi connectivity index (χ0n) is 12.9. The Labute approximate surface area is 126 Å². The highest BCUT2D eigenvalue weighted by Gasteiger charge is 2.42. The van der Waals surface area contributed by atoms with Gasteiger partial charge in [-0.15, -0.1) is 0 Å². The molecule has 1 spiro atoms. The summed E-state index contributed by atoms with van der Waals surface area (Å²) in [6.07, 6.45) is 3.02. The minimum absolute atomic E-state index is 0.0518. The molecule has 0 bridgehead atoms. The van der Waals surface area contributed by atoms with Crippen molar-refractivity contribution in [2.24, 2.45) is 11.7 Å². The summed E-state index contributed by atoms with van der Waals surface area (Å²) in [5.74, 6) is 1.37. The first-order chi connectivity index (χ1) is 10.1. The number of methoxy groups -OCH3 is 1. The Morgan fingerprint density at radius 2 is 2.24 bits per heavy atom. The largest absolute Gasteiger partial charge is 0.496 e. The van der Waals surface area contributed by atoms with Crippen molar-refractivity contribution in [1.29, 1.82) is 0 Å². The summed E-state index contributed by atoms with van der Waals surface area (Å²) in [5, 5.41) is 0. The average Bonchev–Trinajstić information content (AvgIpc) is 2.94. The molecule has 2 N–H and O–H groups in total. The Bertz CT molecular complexity index is 497. The fourth-order valence-electron chi connectivity index (χ4n) is 3.62. The summed E-state index contributed by atoms with van der Waals surface area (Å²) in [6, 6.07) is 6.30. The molecule has 2 aliphatic heterocycles. The summed E-state index contributed by atoms with van der Waals surface area (Å²) in [5.41, 5.74) is 8.79. The summed E-state index contributed by atoms with van der Waals surface area (Å²) in [7, 11) is 1.70. The van der Waals surface area contributed by atoms with Gasteiger partial charge in [-0.05, 0) is 42.9 Å². The Hall–Kier alpha value is -1.10. The smallest absolute Gasteiger partial charge is 0.121 e. The van der Waals surface area contributed by atoms with E-state index in [4.69, 9.17) is 19.9 Å². The Balaban J connectivity index is 1.75. The van der Waals surface area contributed by atoms with Crippen LogP contribution in [0.4, 0.5) is 0 Å². The summed E-state index contributed by atoms with van der Waals surface area (Å²) < 4.78 is 16.9. The van der Waals surface area contributed by atoms with Crippen molar-refractivity contribution in [1.82, 2.24) is 0 Å². The summed E-state index contributed by atoms with van der Waals surface area (Å²) in [4.78, 5) is 0. The molecule has 2 aliphatic rings. The maximum absolute atomic E-state index is 6.54. The number of benzene rings is 1. The monoisotopic (exact) mass is 291 g/mol. The normalized spacial score (nSPS) is 30.5. The van der Waals surface area contributed by atoms with Crippen molar-refractivity contribution >= 4 is 0 Å². The van der Waals surface area contributed by atoms with Gasteiger partial charge in [0.1, 0.15) is 5.75 Å². The van der Waals surface area contributed by atoms with E-state index >= 15 is 0 Å². The highest BCUT2D eigenvalue weighted by atomic mass is 16.6. The van der Waals surface area contributed by atoms with Gasteiger partial charge in [-0.3, -0.25) is 0 Å². The number of hydrogen-bond acceptors (Lipinski definition) is 4. The molecule has 2 saturated heterocycles. The Morgan fingerprint density at radius 1 is 1.38 bits per heavy atom. The van der Waals surface area contributed by atoms with Crippen LogP contribution in [-0.2, 0) is 9.47 Å². The quantitative estimate of drug-likeness (QED) is 0.930. The third-order valence-electron chi connectivity index (χ3n) is 4.91. The predicted molar refractivity (Wildman–Crippen MR) is 81.5 cm³/mol. The van der Waals surface area contributed by atoms with E-state index in [0.717, 1.165) is 50.4 Å². The Morgan fingerprint density at radius 3 is 2.90 bits per heavy atom. The molecule has 2 heterocycles. The van der Waals surface area contributed by atoms with Crippen LogP contribution in [0, 0.1) is 12.8 Å². The predicted octanol–water partition coefficient (Wildman–Crippen LogP) is 2.59. The van der Waals surface area contributed by atoms with Crippen LogP contribution in [0.3, 0.4) is 0 Å². The van der Waals surface area contributed by atoms with E-state index < -0.39 is 0 Å². The molecule has 3 rings (SSSR count). The molecular weight excluding hydrogens is 266 g/mol. The number of ether oxygens (including phenoxy) is 3. The topological polar surface area (TPSA) is 53.7 Å². The SMILES string of the molecule is COc1ccc(C(N)C2CCOC3(CCOC3)C2)cc1C. The van der Waals surface area contributed by atoms with E-state index in [1.807, 2.05) is 6.07 Å². The molecule has 4 heteroatoms. The van der Waals surface area contributed by atoms with Crippen LogP contribution in [0.25, 0.3) is 0 Å². The second kappa shape index (κ2) is 5.95. The van der Waals surface area contributed by atoms with Crippen molar-refractivity contribution in [3.05, 3.63) is 29.3 Å². The van der Waals surface area contributed by atoms with Gasteiger partial charge in [-0.25, -0.2) is 0 Å². The van der Waals surface area contributed by atoms with E-state index in [2.05, 4.69) is 19.1 Å². The molecule has 0 radical (unpaired) electrons. The molecule has 0 aromatic heterocycles. The van der Waals surface area contributed by atoms with Gasteiger partial charge in [0.05, 0.1) is 19.3 Å². The lowest BCUT2D eigenvalue weighted by molar-refractivity contribution is -0.101. The highest BCUT2D eigenvalue weighted by molar-refractivity contribution is 5.37. The lowest BCUT2D eigenvalue weighted by Gasteiger charge is -2.39. The van der Waals surface area contributed by atoms with Gasteiger partial charge >= 0.3 is 0 Å². The standard InChI is InChI=1S/C17H25NO3/c1-12-9-13(3-4-15(12)19-2)16(18)14-5-7-21-17(10-14)6-8-20-11-17/h3-4,9,14,16H,5-8,10-11,18H2,1-2H3. The van der Waals surface area contributed by atoms with E-state index in [-0.39, 0.29) is 11.6 Å². The number of nitrogens with two attached hydrogens (primary N) is 1. The molecule has 1 aromatic carbocycles. The van der Waals surface area contributed by atoms with Gasteiger partial charge in [-0.1, -0.05) is 12.1 Å². The first kappa shape index (κ1) is 14.8. The molecule has 0 saturated carbocycles. The summed E-state index contributed by atoms with van der Waals surface area (Å²) >= 11 is 0. The van der Waals surface area contributed by atoms with E-state index in [9.17, 15) is 0 Å². The van der Waals surface area contributed by atoms with Crippen molar-refractivity contribution in [3.63, 3.8) is 0 Å². The molecule has 2 fully saturated rings. The van der Waals surface area contributed by atoms with Crippen molar-refractivity contribution in [2.75, 3.05) is 26.9 Å². The molecule has 3 atom stereocenters. The van der Waals surface area contributed by atoms with Gasteiger partial charge in [0.2, 0.25) is 0 Å². The van der Waals surface area contributed by atoms with Gasteiger partial charge < -0.3 is 19.9 Å². The fraction of sp³-hybridized carbons (Fsp3) is 0.647. The maximum atomic E-state index is 6.54. The molecule has 116 valence electrons. The molecule has 1 aromatic rings. The van der Waals surface area contributed by atoms with Crippen LogP contribution >= 0.6 is 0 Å². The van der Waals surface area contributed by atoms with Crippen molar-refractivity contribution < 1.29 is 14.2 Å².